The summed E-state index contributed by atoms with van der Waals surface area (Å²) in [6, 6.07) is 10.9. The Morgan fingerprint density at radius 2 is 1.85 bits per heavy atom. The molecule has 0 bridgehead atoms. The summed E-state index contributed by atoms with van der Waals surface area (Å²) in [6.07, 6.45) is 1.39. The van der Waals surface area contributed by atoms with Gasteiger partial charge in [0.1, 0.15) is 11.3 Å². The molecule has 4 amide bonds. The maximum Gasteiger partial charge on any atom is 0.335 e. The van der Waals surface area contributed by atoms with Crippen LogP contribution in [0.3, 0.4) is 0 Å². The Hall–Kier alpha value is -3.12. The van der Waals surface area contributed by atoms with Crippen molar-refractivity contribution in [3.8, 4) is 5.75 Å². The second kappa shape index (κ2) is 7.01. The number of anilines is 1. The number of carbonyl (C=O) groups excluding carboxylic acids is 3. The number of carbonyl (C=O) groups is 3. The molecule has 2 aromatic carbocycles. The van der Waals surface area contributed by atoms with Crippen molar-refractivity contribution in [1.82, 2.24) is 5.32 Å². The third-order valence-electron chi connectivity index (χ3n) is 3.95. The first-order valence-corrected chi connectivity index (χ1v) is 8.11. The molecule has 3 rings (SSSR count). The number of halogens is 1. The molecule has 0 radical (unpaired) electrons. The van der Waals surface area contributed by atoms with Crippen LogP contribution in [0.15, 0.2) is 48.0 Å². The van der Waals surface area contributed by atoms with Crippen LogP contribution in [0.5, 0.6) is 5.75 Å². The molecule has 1 fully saturated rings. The zero-order chi connectivity index (χ0) is 18.8. The number of benzene rings is 2. The van der Waals surface area contributed by atoms with Crippen molar-refractivity contribution in [3.05, 3.63) is 64.2 Å². The minimum absolute atomic E-state index is 0.175. The maximum atomic E-state index is 12.8. The summed E-state index contributed by atoms with van der Waals surface area (Å²) < 4.78 is 5.23. The van der Waals surface area contributed by atoms with E-state index < -0.39 is 17.8 Å². The summed E-state index contributed by atoms with van der Waals surface area (Å²) in [5.74, 6) is -0.993. The molecule has 0 aliphatic carbocycles. The number of methoxy groups -OCH3 is 1. The molecule has 0 atom stereocenters. The Labute approximate surface area is 155 Å². The van der Waals surface area contributed by atoms with Gasteiger partial charge in [-0.05, 0) is 36.8 Å². The van der Waals surface area contributed by atoms with Crippen LogP contribution in [0.1, 0.15) is 11.1 Å². The van der Waals surface area contributed by atoms with Crippen LogP contribution < -0.4 is 15.0 Å². The van der Waals surface area contributed by atoms with Gasteiger partial charge in [0.2, 0.25) is 0 Å². The van der Waals surface area contributed by atoms with E-state index in [4.69, 9.17) is 16.3 Å². The molecule has 0 aromatic heterocycles. The lowest BCUT2D eigenvalue weighted by Gasteiger charge is -2.26. The number of amides is 4. The molecule has 1 saturated heterocycles. The van der Waals surface area contributed by atoms with Gasteiger partial charge in [-0.2, -0.15) is 0 Å². The summed E-state index contributed by atoms with van der Waals surface area (Å²) in [4.78, 5) is 38.1. The lowest BCUT2D eigenvalue weighted by molar-refractivity contribution is -0.122. The summed E-state index contributed by atoms with van der Waals surface area (Å²) in [6.45, 7) is 1.81. The highest BCUT2D eigenvalue weighted by Crippen LogP contribution is 2.28. The highest BCUT2D eigenvalue weighted by Gasteiger charge is 2.37. The molecule has 0 spiro atoms. The van der Waals surface area contributed by atoms with E-state index in [1.54, 1.807) is 43.3 Å². The van der Waals surface area contributed by atoms with Gasteiger partial charge in [0, 0.05) is 10.6 Å². The minimum Gasteiger partial charge on any atom is -0.496 e. The topological polar surface area (TPSA) is 75.7 Å². The lowest BCUT2D eigenvalue weighted by Crippen LogP contribution is -2.54. The number of nitrogens with zero attached hydrogens (tertiary/aromatic N) is 1. The van der Waals surface area contributed by atoms with Crippen LogP contribution in [0, 0.1) is 6.92 Å². The highest BCUT2D eigenvalue weighted by atomic mass is 35.5. The molecule has 0 saturated carbocycles. The van der Waals surface area contributed by atoms with Gasteiger partial charge in [0.05, 0.1) is 12.8 Å². The Morgan fingerprint density at radius 3 is 2.54 bits per heavy atom. The monoisotopic (exact) mass is 370 g/mol. The Balaban J connectivity index is 2.05. The van der Waals surface area contributed by atoms with E-state index in [1.807, 2.05) is 0 Å². The number of urea groups is 1. The summed E-state index contributed by atoms with van der Waals surface area (Å²) >= 11 is 6.10. The van der Waals surface area contributed by atoms with Crippen molar-refractivity contribution in [3.63, 3.8) is 0 Å². The molecule has 1 heterocycles. The third-order valence-corrected chi connectivity index (χ3v) is 4.36. The average molecular weight is 371 g/mol. The molecule has 7 heteroatoms. The van der Waals surface area contributed by atoms with Crippen LogP contribution in [0.4, 0.5) is 10.5 Å². The second-order valence-corrected chi connectivity index (χ2v) is 6.04. The number of hydrogen-bond donors (Lipinski definition) is 1. The first-order chi connectivity index (χ1) is 12.4. The highest BCUT2D eigenvalue weighted by molar-refractivity contribution is 6.39. The van der Waals surface area contributed by atoms with Crippen LogP contribution in [0.2, 0.25) is 5.02 Å². The smallest absolute Gasteiger partial charge is 0.335 e. The fourth-order valence-electron chi connectivity index (χ4n) is 2.55. The molecule has 132 valence electrons. The number of rotatable bonds is 3. The SMILES string of the molecule is COc1ccccc1C=C1C(=O)NC(=O)N(c2ccc(C)c(Cl)c2)C1=O. The van der Waals surface area contributed by atoms with E-state index in [2.05, 4.69) is 5.32 Å². The van der Waals surface area contributed by atoms with Crippen molar-refractivity contribution in [2.45, 2.75) is 6.92 Å². The molecule has 6 nitrogen and oxygen atoms in total. The van der Waals surface area contributed by atoms with E-state index in [-0.39, 0.29) is 11.3 Å². The fraction of sp³-hybridized carbons (Fsp3) is 0.105. The van der Waals surface area contributed by atoms with E-state index in [9.17, 15) is 14.4 Å². The van der Waals surface area contributed by atoms with Crippen LogP contribution in [-0.4, -0.2) is 25.0 Å². The molecule has 0 unspecified atom stereocenters. The average Bonchev–Trinajstić information content (AvgIpc) is 2.61. The van der Waals surface area contributed by atoms with Gasteiger partial charge in [0.25, 0.3) is 11.8 Å². The zero-order valence-electron chi connectivity index (χ0n) is 14.1. The number of nitrogens with one attached hydrogen (secondary N) is 1. The molecular formula is C19H15ClN2O4. The van der Waals surface area contributed by atoms with Gasteiger partial charge < -0.3 is 4.74 Å². The van der Waals surface area contributed by atoms with Crippen molar-refractivity contribution in [2.75, 3.05) is 12.0 Å². The van der Waals surface area contributed by atoms with Crippen LogP contribution in [0.25, 0.3) is 6.08 Å². The van der Waals surface area contributed by atoms with Gasteiger partial charge in [-0.1, -0.05) is 35.9 Å². The van der Waals surface area contributed by atoms with Crippen molar-refractivity contribution < 1.29 is 19.1 Å². The van der Waals surface area contributed by atoms with Gasteiger partial charge >= 0.3 is 6.03 Å². The van der Waals surface area contributed by atoms with Gasteiger partial charge in [-0.25, -0.2) is 9.69 Å². The Kier molecular flexibility index (Phi) is 4.77. The Bertz CT molecular complexity index is 952. The first-order valence-electron chi connectivity index (χ1n) is 7.73. The second-order valence-electron chi connectivity index (χ2n) is 5.63. The molecular weight excluding hydrogens is 356 g/mol. The van der Waals surface area contributed by atoms with Crippen LogP contribution in [-0.2, 0) is 9.59 Å². The van der Waals surface area contributed by atoms with E-state index in [0.717, 1.165) is 10.5 Å². The predicted molar refractivity (Wildman–Crippen MR) is 98.2 cm³/mol. The predicted octanol–water partition coefficient (Wildman–Crippen LogP) is 3.32. The van der Waals surface area contributed by atoms with Crippen LogP contribution >= 0.6 is 11.6 Å². The van der Waals surface area contributed by atoms with Crippen molar-refractivity contribution in [2.24, 2.45) is 0 Å². The van der Waals surface area contributed by atoms with Crippen molar-refractivity contribution in [1.29, 1.82) is 0 Å². The third kappa shape index (κ3) is 3.19. The fourth-order valence-corrected chi connectivity index (χ4v) is 2.73. The normalized spacial score (nSPS) is 16.0. The van der Waals surface area contributed by atoms with Gasteiger partial charge in [-0.15, -0.1) is 0 Å². The standard InChI is InChI=1S/C19H15ClN2O4/c1-11-7-8-13(10-15(11)20)22-18(24)14(17(23)21-19(22)25)9-12-5-3-4-6-16(12)26-2/h3-10H,1-2H3,(H,21,23,25). The minimum atomic E-state index is -0.822. The lowest BCUT2D eigenvalue weighted by atomic mass is 10.1. The number of hydrogen-bond acceptors (Lipinski definition) is 4. The molecule has 2 aromatic rings. The molecule has 1 N–H and O–H groups in total. The summed E-state index contributed by atoms with van der Waals surface area (Å²) in [5.41, 5.74) is 1.46. The number of ether oxygens (including phenoxy) is 1. The summed E-state index contributed by atoms with van der Waals surface area (Å²) in [7, 11) is 1.49. The van der Waals surface area contributed by atoms with E-state index >= 15 is 0 Å². The van der Waals surface area contributed by atoms with Gasteiger partial charge in [-0.3, -0.25) is 14.9 Å². The number of barbiturate groups is 1. The molecule has 1 aliphatic rings. The largest absolute Gasteiger partial charge is 0.496 e. The van der Waals surface area contributed by atoms with E-state index in [1.165, 1.54) is 19.3 Å². The van der Waals surface area contributed by atoms with Crippen molar-refractivity contribution >= 4 is 41.2 Å². The molecule has 26 heavy (non-hydrogen) atoms. The van der Waals surface area contributed by atoms with Gasteiger partial charge in [0.15, 0.2) is 0 Å². The molecule has 1 aliphatic heterocycles. The zero-order valence-corrected chi connectivity index (χ0v) is 14.8. The summed E-state index contributed by atoms with van der Waals surface area (Å²) in [5, 5.41) is 2.59. The number of para-hydroxylation sites is 1. The Morgan fingerprint density at radius 1 is 1.12 bits per heavy atom. The number of imide groups is 2. The number of aryl methyl sites for hydroxylation is 1. The maximum absolute atomic E-state index is 12.8. The quantitative estimate of drug-likeness (QED) is 0.664. The first kappa shape index (κ1) is 17.7. The van der Waals surface area contributed by atoms with E-state index in [0.29, 0.717) is 16.3 Å².